The topological polar surface area (TPSA) is 111 Å². The number of carbonyl (C=O) groups excluding carboxylic acids is 2. The number of hydroxylamine groups is 1. The summed E-state index contributed by atoms with van der Waals surface area (Å²) in [4.78, 5) is 23.8. The predicted molar refractivity (Wildman–Crippen MR) is 125 cm³/mol. The second-order valence-electron chi connectivity index (χ2n) is 7.72. The summed E-state index contributed by atoms with van der Waals surface area (Å²) < 4.78 is 0. The summed E-state index contributed by atoms with van der Waals surface area (Å²) in [5.41, 5.74) is 4.56. The molecule has 0 heterocycles. The van der Waals surface area contributed by atoms with E-state index in [1.807, 2.05) is 24.3 Å². The number of nitrogens with one attached hydrogen (secondary N) is 3. The Labute approximate surface area is 190 Å². The summed E-state index contributed by atoms with van der Waals surface area (Å²) in [5, 5.41) is 24.1. The molecular weight excluding hydrogens is 406 g/mol. The van der Waals surface area contributed by atoms with Gasteiger partial charge in [0.25, 0.3) is 11.8 Å². The van der Waals surface area contributed by atoms with Gasteiger partial charge < -0.3 is 15.7 Å². The van der Waals surface area contributed by atoms with Gasteiger partial charge in [0.05, 0.1) is 6.10 Å². The fraction of sp³-hybridized carbons (Fsp3) is 0.360. The Hall–Kier alpha value is -3.18. The maximum Gasteiger partial charge on any atom is 0.268 e. The zero-order valence-electron chi connectivity index (χ0n) is 18.0. The van der Waals surface area contributed by atoms with Crippen LogP contribution in [0.25, 0.3) is 0 Å². The summed E-state index contributed by atoms with van der Waals surface area (Å²) >= 11 is 0. The molecule has 0 spiro atoms. The van der Waals surface area contributed by atoms with Gasteiger partial charge in [-0.15, -0.1) is 0 Å². The van der Waals surface area contributed by atoms with Crippen LogP contribution in [0.2, 0.25) is 0 Å². The number of hydrogen-bond donors (Lipinski definition) is 5. The molecule has 172 valence electrons. The maximum atomic E-state index is 12.3. The van der Waals surface area contributed by atoms with Crippen molar-refractivity contribution in [1.82, 2.24) is 16.1 Å². The summed E-state index contributed by atoms with van der Waals surface area (Å²) in [6.07, 6.45) is -1.17. The SMILES string of the molecule is C.CC(C)CNCc1ccc(C#Cc2ccc(C(=O)N[C@H](C(=O)NO)[C@@H](C)O)cc2)cc1. The molecule has 32 heavy (non-hydrogen) atoms. The van der Waals surface area contributed by atoms with Crippen LogP contribution in [-0.2, 0) is 11.3 Å². The zero-order chi connectivity index (χ0) is 22.8. The van der Waals surface area contributed by atoms with Crippen molar-refractivity contribution in [2.45, 2.75) is 46.9 Å². The molecule has 5 N–H and O–H groups in total. The smallest absolute Gasteiger partial charge is 0.268 e. The van der Waals surface area contributed by atoms with Gasteiger partial charge in [-0.1, -0.05) is 45.2 Å². The number of amides is 2. The number of rotatable bonds is 8. The van der Waals surface area contributed by atoms with Crippen molar-refractivity contribution in [3.63, 3.8) is 0 Å². The number of aliphatic hydroxyl groups excluding tert-OH is 1. The van der Waals surface area contributed by atoms with Crippen LogP contribution < -0.4 is 16.1 Å². The van der Waals surface area contributed by atoms with Crippen LogP contribution in [0.4, 0.5) is 0 Å². The lowest BCUT2D eigenvalue weighted by molar-refractivity contribution is -0.133. The van der Waals surface area contributed by atoms with E-state index < -0.39 is 24.0 Å². The lowest BCUT2D eigenvalue weighted by atomic mass is 10.1. The predicted octanol–water partition coefficient (Wildman–Crippen LogP) is 2.45. The van der Waals surface area contributed by atoms with E-state index in [0.29, 0.717) is 11.5 Å². The van der Waals surface area contributed by atoms with Crippen LogP contribution in [-0.4, -0.2) is 40.8 Å². The van der Waals surface area contributed by atoms with E-state index in [2.05, 4.69) is 36.3 Å². The highest BCUT2D eigenvalue weighted by Crippen LogP contribution is 2.07. The van der Waals surface area contributed by atoms with Crippen molar-refractivity contribution in [2.75, 3.05) is 6.54 Å². The molecule has 0 aromatic heterocycles. The summed E-state index contributed by atoms with van der Waals surface area (Å²) in [6.45, 7) is 7.49. The third-order valence-electron chi connectivity index (χ3n) is 4.50. The van der Waals surface area contributed by atoms with Crippen molar-refractivity contribution in [2.24, 2.45) is 5.92 Å². The second-order valence-corrected chi connectivity index (χ2v) is 7.72. The lowest BCUT2D eigenvalue weighted by Gasteiger charge is -2.19. The van der Waals surface area contributed by atoms with Crippen LogP contribution in [0.15, 0.2) is 48.5 Å². The van der Waals surface area contributed by atoms with Gasteiger partial charge in [-0.3, -0.25) is 14.8 Å². The highest BCUT2D eigenvalue weighted by Gasteiger charge is 2.25. The molecule has 7 heteroatoms. The fourth-order valence-electron chi connectivity index (χ4n) is 2.76. The van der Waals surface area contributed by atoms with Crippen molar-refractivity contribution >= 4 is 11.8 Å². The maximum absolute atomic E-state index is 12.3. The third-order valence-corrected chi connectivity index (χ3v) is 4.50. The first kappa shape index (κ1) is 26.9. The Morgan fingerprint density at radius 3 is 1.94 bits per heavy atom. The number of aliphatic hydroxyl groups is 1. The van der Waals surface area contributed by atoms with E-state index in [1.165, 1.54) is 18.0 Å². The minimum Gasteiger partial charge on any atom is -0.391 e. The van der Waals surface area contributed by atoms with Gasteiger partial charge in [-0.2, -0.15) is 0 Å². The average Bonchev–Trinajstić information content (AvgIpc) is 2.76. The zero-order valence-corrected chi connectivity index (χ0v) is 18.0. The first-order valence-corrected chi connectivity index (χ1v) is 10.1. The van der Waals surface area contributed by atoms with Gasteiger partial charge in [0.15, 0.2) is 0 Å². The molecule has 0 aliphatic heterocycles. The van der Waals surface area contributed by atoms with E-state index >= 15 is 0 Å². The lowest BCUT2D eigenvalue weighted by Crippen LogP contribution is -2.51. The molecule has 2 aromatic carbocycles. The van der Waals surface area contributed by atoms with Crippen LogP contribution in [0, 0.1) is 17.8 Å². The first-order valence-electron chi connectivity index (χ1n) is 10.1. The fourth-order valence-corrected chi connectivity index (χ4v) is 2.76. The highest BCUT2D eigenvalue weighted by atomic mass is 16.5. The monoisotopic (exact) mass is 439 g/mol. The molecule has 2 aromatic rings. The Morgan fingerprint density at radius 2 is 1.47 bits per heavy atom. The van der Waals surface area contributed by atoms with Crippen LogP contribution in [0.3, 0.4) is 0 Å². The molecule has 2 atom stereocenters. The Balaban J connectivity index is 0.00000512. The summed E-state index contributed by atoms with van der Waals surface area (Å²) in [7, 11) is 0. The Bertz CT molecular complexity index is 926. The third kappa shape index (κ3) is 8.52. The average molecular weight is 440 g/mol. The van der Waals surface area contributed by atoms with E-state index in [-0.39, 0.29) is 7.43 Å². The number of benzene rings is 2. The molecule has 0 aliphatic rings. The summed E-state index contributed by atoms with van der Waals surface area (Å²) in [6, 6.07) is 13.4. The van der Waals surface area contributed by atoms with E-state index in [1.54, 1.807) is 24.3 Å². The van der Waals surface area contributed by atoms with Crippen molar-refractivity contribution in [1.29, 1.82) is 0 Å². The van der Waals surface area contributed by atoms with E-state index in [0.717, 1.165) is 24.2 Å². The van der Waals surface area contributed by atoms with Gasteiger partial charge in [0.2, 0.25) is 0 Å². The molecule has 0 saturated carbocycles. The van der Waals surface area contributed by atoms with Gasteiger partial charge >= 0.3 is 0 Å². The normalized spacial score (nSPS) is 12.1. The van der Waals surface area contributed by atoms with Crippen molar-refractivity contribution in [3.8, 4) is 11.8 Å². The standard InChI is InChI=1S/C24H29N3O4.CH4/c1-16(2)14-25-15-20-8-6-18(7-9-20)4-5-19-10-12-21(13-11-19)23(29)26-22(17(3)28)24(30)27-31;/h6-13,16-17,22,25,28,31H,14-15H2,1-3H3,(H,26,29)(H,27,30);1H4/t17-,22+;/m1./s1. The largest absolute Gasteiger partial charge is 0.391 e. The van der Waals surface area contributed by atoms with E-state index in [9.17, 15) is 14.7 Å². The quantitative estimate of drug-likeness (QED) is 0.247. The number of carbonyl (C=O) groups is 2. The van der Waals surface area contributed by atoms with Crippen LogP contribution in [0.1, 0.15) is 55.2 Å². The van der Waals surface area contributed by atoms with Gasteiger partial charge in [0, 0.05) is 23.2 Å². The van der Waals surface area contributed by atoms with Crippen molar-refractivity contribution < 1.29 is 19.9 Å². The molecule has 0 saturated heterocycles. The second kappa shape index (κ2) is 13.3. The molecule has 0 radical (unpaired) electrons. The number of hydrogen-bond acceptors (Lipinski definition) is 5. The minimum atomic E-state index is -1.26. The molecule has 0 unspecified atom stereocenters. The van der Waals surface area contributed by atoms with Crippen LogP contribution in [0.5, 0.6) is 0 Å². The molecule has 0 bridgehead atoms. The molecular formula is C25H33N3O4. The highest BCUT2D eigenvalue weighted by molar-refractivity contribution is 5.97. The molecule has 2 amide bonds. The Morgan fingerprint density at radius 1 is 0.938 bits per heavy atom. The first-order chi connectivity index (χ1) is 14.8. The molecule has 2 rings (SSSR count). The van der Waals surface area contributed by atoms with Gasteiger partial charge in [-0.05, 0) is 61.3 Å². The minimum absolute atomic E-state index is 0. The summed E-state index contributed by atoms with van der Waals surface area (Å²) in [5.74, 6) is 5.32. The van der Waals surface area contributed by atoms with Crippen LogP contribution >= 0.6 is 0 Å². The van der Waals surface area contributed by atoms with E-state index in [4.69, 9.17) is 5.21 Å². The molecule has 7 nitrogen and oxygen atoms in total. The Kier molecular flexibility index (Phi) is 11.1. The van der Waals surface area contributed by atoms with Gasteiger partial charge in [0.1, 0.15) is 6.04 Å². The van der Waals surface area contributed by atoms with Crippen molar-refractivity contribution in [3.05, 3.63) is 70.8 Å². The molecule has 0 aliphatic carbocycles. The molecule has 0 fully saturated rings. The van der Waals surface area contributed by atoms with Gasteiger partial charge in [-0.25, -0.2) is 5.48 Å².